The van der Waals surface area contributed by atoms with Gasteiger partial charge in [-0.25, -0.2) is 9.13 Å². The van der Waals surface area contributed by atoms with Crippen LogP contribution in [0.15, 0.2) is 0 Å². The van der Waals surface area contributed by atoms with Crippen molar-refractivity contribution in [2.75, 3.05) is 39.6 Å². The van der Waals surface area contributed by atoms with Gasteiger partial charge in [0.15, 0.2) is 12.2 Å². The van der Waals surface area contributed by atoms with Crippen LogP contribution in [0.1, 0.15) is 324 Å². The molecule has 0 amide bonds. The lowest BCUT2D eigenvalue weighted by Gasteiger charge is -2.21. The van der Waals surface area contributed by atoms with Crippen LogP contribution in [0.4, 0.5) is 0 Å². The van der Waals surface area contributed by atoms with E-state index < -0.39 is 97.5 Å². The van der Waals surface area contributed by atoms with Gasteiger partial charge in [0, 0.05) is 25.7 Å². The SMILES string of the molecule is CCCCCCCCCCCCCCCCCCCCC(=O)O[C@H](COC(=O)CCCCCCCCCC(C)C)COP(=O)(O)OC[C@@H](O)COP(=O)(O)OC[C@@H](COC(=O)CCCCCCC)OC(=O)CCCCCCCCCCCC. The van der Waals surface area contributed by atoms with Crippen LogP contribution in [-0.2, 0) is 65.4 Å². The van der Waals surface area contributed by atoms with Crippen LogP contribution in [0.25, 0.3) is 0 Å². The van der Waals surface area contributed by atoms with E-state index in [9.17, 15) is 43.2 Å². The van der Waals surface area contributed by atoms with Crippen LogP contribution in [0, 0.1) is 5.92 Å². The standard InChI is InChI=1S/C64H124O17P2/c1-6-9-12-15-17-19-21-22-23-24-25-26-27-28-30-34-40-45-50-64(69)81-60(54-75-62(67)48-43-38-35-31-32-37-41-46-57(4)5)56-79-83(72,73)77-52-58(65)51-76-82(70,71)78-55-59(53-74-61(66)47-42-36-14-11-8-3)80-63(68)49-44-39-33-29-20-18-16-13-10-7-2/h57-60,65H,6-56H2,1-5H3,(H,70,71)(H,72,73)/t58-,59+,60+/m0/s1. The maximum absolute atomic E-state index is 13.0. The van der Waals surface area contributed by atoms with Gasteiger partial charge in [-0.2, -0.15) is 0 Å². The topological polar surface area (TPSA) is 237 Å². The molecule has 17 nitrogen and oxygen atoms in total. The molecule has 0 aromatic carbocycles. The molecule has 0 aliphatic carbocycles. The van der Waals surface area contributed by atoms with Crippen molar-refractivity contribution < 1.29 is 80.2 Å². The molecule has 0 aliphatic rings. The third-order valence-electron chi connectivity index (χ3n) is 14.8. The van der Waals surface area contributed by atoms with Crippen molar-refractivity contribution >= 4 is 39.5 Å². The number of phosphoric acid groups is 2. The second-order valence-corrected chi connectivity index (χ2v) is 26.5. The average Bonchev–Trinajstić information content (AvgIpc) is 3.45. The van der Waals surface area contributed by atoms with Gasteiger partial charge in [0.1, 0.15) is 19.3 Å². The quantitative estimate of drug-likeness (QED) is 0.0222. The molecule has 0 saturated carbocycles. The molecule has 0 saturated heterocycles. The lowest BCUT2D eigenvalue weighted by molar-refractivity contribution is -0.161. The van der Waals surface area contributed by atoms with Gasteiger partial charge < -0.3 is 33.8 Å². The lowest BCUT2D eigenvalue weighted by Crippen LogP contribution is -2.30. The van der Waals surface area contributed by atoms with Crippen molar-refractivity contribution in [2.24, 2.45) is 5.92 Å². The van der Waals surface area contributed by atoms with Crippen molar-refractivity contribution in [2.45, 2.75) is 342 Å². The zero-order valence-corrected chi connectivity index (χ0v) is 55.1. The van der Waals surface area contributed by atoms with Gasteiger partial charge in [0.2, 0.25) is 0 Å². The minimum Gasteiger partial charge on any atom is -0.462 e. The summed E-state index contributed by atoms with van der Waals surface area (Å²) in [4.78, 5) is 71.9. The van der Waals surface area contributed by atoms with E-state index in [-0.39, 0.29) is 25.7 Å². The molecule has 0 heterocycles. The summed E-state index contributed by atoms with van der Waals surface area (Å²) in [5.41, 5.74) is 0. The number of carbonyl (C=O) groups is 4. The fourth-order valence-electron chi connectivity index (χ4n) is 9.58. The maximum Gasteiger partial charge on any atom is 0.472 e. The predicted molar refractivity (Wildman–Crippen MR) is 331 cm³/mol. The van der Waals surface area contributed by atoms with E-state index in [4.69, 9.17) is 37.0 Å². The van der Waals surface area contributed by atoms with E-state index in [2.05, 4.69) is 34.6 Å². The maximum atomic E-state index is 13.0. The van der Waals surface area contributed by atoms with Crippen LogP contribution in [0.3, 0.4) is 0 Å². The Morgan fingerprint density at radius 1 is 0.325 bits per heavy atom. The average molecular weight is 1230 g/mol. The Labute approximate surface area is 505 Å². The number of esters is 4. The molecule has 492 valence electrons. The minimum absolute atomic E-state index is 0.105. The second kappa shape index (κ2) is 57.8. The zero-order valence-electron chi connectivity index (χ0n) is 53.3. The fourth-order valence-corrected chi connectivity index (χ4v) is 11.2. The van der Waals surface area contributed by atoms with Crippen molar-refractivity contribution in [1.82, 2.24) is 0 Å². The smallest absolute Gasteiger partial charge is 0.462 e. The molecule has 0 aromatic heterocycles. The summed E-state index contributed by atoms with van der Waals surface area (Å²) in [5.74, 6) is -1.44. The molecule has 2 unspecified atom stereocenters. The summed E-state index contributed by atoms with van der Waals surface area (Å²) in [6.07, 6.45) is 42.2. The Bertz CT molecular complexity index is 1620. The van der Waals surface area contributed by atoms with Crippen LogP contribution in [0.5, 0.6) is 0 Å². The van der Waals surface area contributed by atoms with Crippen molar-refractivity contribution in [3.05, 3.63) is 0 Å². The monoisotopic (exact) mass is 1230 g/mol. The molecule has 0 radical (unpaired) electrons. The van der Waals surface area contributed by atoms with Crippen molar-refractivity contribution in [3.8, 4) is 0 Å². The highest BCUT2D eigenvalue weighted by Gasteiger charge is 2.30. The molecule has 0 rings (SSSR count). The summed E-state index contributed by atoms with van der Waals surface area (Å²) >= 11 is 0. The molecule has 5 atom stereocenters. The Morgan fingerprint density at radius 3 is 0.819 bits per heavy atom. The number of aliphatic hydroxyl groups is 1. The molecule has 3 N–H and O–H groups in total. The fraction of sp³-hybridized carbons (Fsp3) is 0.938. The molecule has 19 heteroatoms. The number of hydrogen-bond acceptors (Lipinski definition) is 15. The number of phosphoric ester groups is 2. The number of rotatable bonds is 64. The first-order chi connectivity index (χ1) is 40.0. The summed E-state index contributed by atoms with van der Waals surface area (Å²) in [6, 6.07) is 0. The molecule has 0 spiro atoms. The van der Waals surface area contributed by atoms with E-state index in [1.165, 1.54) is 135 Å². The molecule has 0 aromatic rings. The van der Waals surface area contributed by atoms with Gasteiger partial charge in [-0.1, -0.05) is 272 Å². The van der Waals surface area contributed by atoms with E-state index in [0.29, 0.717) is 31.6 Å². The molecule has 0 fully saturated rings. The first-order valence-corrected chi connectivity index (χ1v) is 36.6. The highest BCUT2D eigenvalue weighted by atomic mass is 31.2. The number of aliphatic hydroxyl groups excluding tert-OH is 1. The highest BCUT2D eigenvalue weighted by molar-refractivity contribution is 7.47. The van der Waals surface area contributed by atoms with Gasteiger partial charge in [0.25, 0.3) is 0 Å². The molecule has 83 heavy (non-hydrogen) atoms. The largest absolute Gasteiger partial charge is 0.472 e. The summed E-state index contributed by atoms with van der Waals surface area (Å²) in [6.45, 7) is 7.05. The molecular formula is C64H124O17P2. The highest BCUT2D eigenvalue weighted by Crippen LogP contribution is 2.45. The van der Waals surface area contributed by atoms with Gasteiger partial charge in [-0.15, -0.1) is 0 Å². The summed E-state index contributed by atoms with van der Waals surface area (Å²) in [7, 11) is -9.88. The van der Waals surface area contributed by atoms with Gasteiger partial charge >= 0.3 is 39.5 Å². The Morgan fingerprint density at radius 2 is 0.554 bits per heavy atom. The third-order valence-corrected chi connectivity index (χ3v) is 16.7. The van der Waals surface area contributed by atoms with E-state index in [0.717, 1.165) is 103 Å². The van der Waals surface area contributed by atoms with E-state index in [1.54, 1.807) is 0 Å². The molecular weight excluding hydrogens is 1100 g/mol. The number of unbranched alkanes of at least 4 members (excludes halogenated alkanes) is 36. The lowest BCUT2D eigenvalue weighted by atomic mass is 10.0. The first-order valence-electron chi connectivity index (χ1n) is 33.6. The normalized spacial score (nSPS) is 14.2. The minimum atomic E-state index is -4.94. The van der Waals surface area contributed by atoms with Crippen LogP contribution >= 0.6 is 15.6 Å². The van der Waals surface area contributed by atoms with Crippen molar-refractivity contribution in [1.29, 1.82) is 0 Å². The number of hydrogen-bond donors (Lipinski definition) is 3. The first kappa shape index (κ1) is 81.1. The predicted octanol–water partition coefficient (Wildman–Crippen LogP) is 17.8. The molecule has 0 bridgehead atoms. The van der Waals surface area contributed by atoms with E-state index in [1.807, 2.05) is 0 Å². The van der Waals surface area contributed by atoms with Crippen LogP contribution in [0.2, 0.25) is 0 Å². The van der Waals surface area contributed by atoms with Gasteiger partial charge in [-0.3, -0.25) is 37.3 Å². The Hall–Kier alpha value is -1.94. The van der Waals surface area contributed by atoms with Crippen molar-refractivity contribution in [3.63, 3.8) is 0 Å². The number of ether oxygens (including phenoxy) is 4. The summed E-state index contributed by atoms with van der Waals surface area (Å²) in [5, 5.41) is 10.5. The van der Waals surface area contributed by atoms with Crippen LogP contribution < -0.4 is 0 Å². The Balaban J connectivity index is 5.12. The molecule has 0 aliphatic heterocycles. The third kappa shape index (κ3) is 58.8. The van der Waals surface area contributed by atoms with E-state index >= 15 is 0 Å². The van der Waals surface area contributed by atoms with Gasteiger partial charge in [-0.05, 0) is 31.6 Å². The summed E-state index contributed by atoms with van der Waals surface area (Å²) < 4.78 is 67.8. The van der Waals surface area contributed by atoms with Gasteiger partial charge in [0.05, 0.1) is 26.4 Å². The zero-order chi connectivity index (χ0) is 61.3. The number of carbonyl (C=O) groups excluding carboxylic acids is 4. The Kier molecular flexibility index (Phi) is 56.4. The second-order valence-electron chi connectivity index (χ2n) is 23.6. The van der Waals surface area contributed by atoms with Crippen LogP contribution in [-0.4, -0.2) is 96.7 Å².